The van der Waals surface area contributed by atoms with Crippen molar-refractivity contribution in [1.29, 1.82) is 0 Å². The van der Waals surface area contributed by atoms with Crippen LogP contribution >= 0.6 is 0 Å². The van der Waals surface area contributed by atoms with Crippen molar-refractivity contribution in [1.82, 2.24) is 9.78 Å². The monoisotopic (exact) mass is 375 g/mol. The molecule has 0 saturated carbocycles. The second-order valence-corrected chi connectivity index (χ2v) is 5.70. The molecule has 1 amide bonds. The molecule has 0 atom stereocenters. The van der Waals surface area contributed by atoms with E-state index in [1.165, 1.54) is 29.1 Å². The van der Waals surface area contributed by atoms with Crippen LogP contribution in [0.4, 0.5) is 18.9 Å². The number of fused-ring (bicyclic) bond motifs is 1. The van der Waals surface area contributed by atoms with Gasteiger partial charge in [0.25, 0.3) is 5.91 Å². The number of nitrogens with one attached hydrogen (secondary N) is 1. The summed E-state index contributed by atoms with van der Waals surface area (Å²) >= 11 is 0. The molecule has 1 aliphatic heterocycles. The van der Waals surface area contributed by atoms with Gasteiger partial charge < -0.3 is 14.8 Å². The average Bonchev–Trinajstić information content (AvgIpc) is 3.32. The van der Waals surface area contributed by atoms with E-state index in [2.05, 4.69) is 10.4 Å². The van der Waals surface area contributed by atoms with E-state index in [1.807, 2.05) is 0 Å². The Morgan fingerprint density at radius 2 is 1.93 bits per heavy atom. The molecule has 2 heterocycles. The Morgan fingerprint density at radius 1 is 1.11 bits per heavy atom. The van der Waals surface area contributed by atoms with Gasteiger partial charge in [-0.2, -0.15) is 18.3 Å². The maximum atomic E-state index is 13.1. The van der Waals surface area contributed by atoms with Gasteiger partial charge in [-0.05, 0) is 42.5 Å². The fourth-order valence-corrected chi connectivity index (χ4v) is 2.66. The number of hydrogen-bond donors (Lipinski definition) is 1. The first kappa shape index (κ1) is 17.0. The third-order valence-corrected chi connectivity index (χ3v) is 3.96. The molecule has 138 valence electrons. The number of carbonyl (C=O) groups is 1. The molecule has 0 radical (unpaired) electrons. The molecule has 4 rings (SSSR count). The second-order valence-electron chi connectivity index (χ2n) is 5.70. The zero-order valence-electron chi connectivity index (χ0n) is 13.7. The van der Waals surface area contributed by atoms with Crippen LogP contribution in [-0.2, 0) is 6.18 Å². The van der Waals surface area contributed by atoms with E-state index in [-0.39, 0.29) is 18.0 Å². The van der Waals surface area contributed by atoms with Crippen molar-refractivity contribution in [2.24, 2.45) is 0 Å². The van der Waals surface area contributed by atoms with Gasteiger partial charge in [0.1, 0.15) is 0 Å². The van der Waals surface area contributed by atoms with E-state index in [4.69, 9.17) is 9.47 Å². The Hall–Kier alpha value is -3.49. The molecule has 0 spiro atoms. The highest BCUT2D eigenvalue weighted by Gasteiger charge is 2.31. The summed E-state index contributed by atoms with van der Waals surface area (Å²) < 4.78 is 51.0. The van der Waals surface area contributed by atoms with E-state index in [1.54, 1.807) is 18.3 Å². The van der Waals surface area contributed by atoms with Crippen molar-refractivity contribution in [3.63, 3.8) is 0 Å². The van der Waals surface area contributed by atoms with Crippen LogP contribution in [0, 0.1) is 0 Å². The molecule has 1 N–H and O–H groups in total. The summed E-state index contributed by atoms with van der Waals surface area (Å²) in [4.78, 5) is 12.6. The molecule has 6 nitrogen and oxygen atoms in total. The van der Waals surface area contributed by atoms with Crippen molar-refractivity contribution in [2.45, 2.75) is 6.18 Å². The minimum atomic E-state index is -4.54. The fraction of sp³-hybridized carbons (Fsp3) is 0.111. The van der Waals surface area contributed by atoms with Gasteiger partial charge in [0.15, 0.2) is 11.5 Å². The van der Waals surface area contributed by atoms with Crippen molar-refractivity contribution in [3.8, 4) is 17.2 Å². The maximum Gasteiger partial charge on any atom is 0.416 e. The van der Waals surface area contributed by atoms with Gasteiger partial charge >= 0.3 is 6.18 Å². The largest absolute Gasteiger partial charge is 0.454 e. The number of amides is 1. The molecule has 2 aromatic carbocycles. The zero-order chi connectivity index (χ0) is 19.0. The van der Waals surface area contributed by atoms with E-state index in [0.29, 0.717) is 17.2 Å². The molecule has 3 aromatic rings. The Kier molecular flexibility index (Phi) is 3.98. The van der Waals surface area contributed by atoms with Crippen LogP contribution < -0.4 is 14.8 Å². The Morgan fingerprint density at radius 3 is 2.67 bits per heavy atom. The minimum Gasteiger partial charge on any atom is -0.454 e. The molecular formula is C18H12F3N3O3. The smallest absolute Gasteiger partial charge is 0.416 e. The molecule has 0 fully saturated rings. The summed E-state index contributed by atoms with van der Waals surface area (Å²) in [6, 6.07) is 9.24. The highest BCUT2D eigenvalue weighted by molar-refractivity contribution is 6.05. The van der Waals surface area contributed by atoms with Crippen LogP contribution in [0.25, 0.3) is 5.69 Å². The second kappa shape index (κ2) is 6.35. The predicted molar refractivity (Wildman–Crippen MR) is 89.1 cm³/mol. The summed E-state index contributed by atoms with van der Waals surface area (Å²) in [6.07, 6.45) is -1.49. The van der Waals surface area contributed by atoms with E-state index >= 15 is 0 Å². The van der Waals surface area contributed by atoms with Crippen LogP contribution in [0.3, 0.4) is 0 Å². The van der Waals surface area contributed by atoms with Gasteiger partial charge in [-0.3, -0.25) is 4.79 Å². The normalized spacial score (nSPS) is 12.9. The highest BCUT2D eigenvalue weighted by atomic mass is 19.4. The first-order valence-corrected chi connectivity index (χ1v) is 7.84. The van der Waals surface area contributed by atoms with Crippen molar-refractivity contribution in [3.05, 3.63) is 66.0 Å². The number of alkyl halides is 3. The lowest BCUT2D eigenvalue weighted by atomic mass is 10.1. The molecular weight excluding hydrogens is 363 g/mol. The quantitative estimate of drug-likeness (QED) is 0.755. The number of hydrogen-bond acceptors (Lipinski definition) is 4. The third-order valence-electron chi connectivity index (χ3n) is 3.96. The maximum absolute atomic E-state index is 13.1. The first-order chi connectivity index (χ1) is 12.9. The van der Waals surface area contributed by atoms with Crippen molar-refractivity contribution < 1.29 is 27.4 Å². The highest BCUT2D eigenvalue weighted by Crippen LogP contribution is 2.35. The number of nitrogens with zero attached hydrogens (tertiary/aromatic N) is 2. The molecule has 0 unspecified atom stereocenters. The summed E-state index contributed by atoms with van der Waals surface area (Å²) in [5.74, 6) is 0.322. The number of aromatic nitrogens is 2. The molecule has 9 heteroatoms. The Labute approximate surface area is 151 Å². The van der Waals surface area contributed by atoms with Crippen molar-refractivity contribution >= 4 is 11.6 Å². The van der Waals surface area contributed by atoms with Crippen LogP contribution in [0.5, 0.6) is 11.5 Å². The third kappa shape index (κ3) is 3.31. The Bertz CT molecular complexity index is 1000. The predicted octanol–water partition coefficient (Wildman–Crippen LogP) is 3.87. The zero-order valence-corrected chi connectivity index (χ0v) is 13.7. The number of benzene rings is 2. The van der Waals surface area contributed by atoms with Crippen molar-refractivity contribution in [2.75, 3.05) is 12.1 Å². The van der Waals surface area contributed by atoms with Gasteiger partial charge in [-0.1, -0.05) is 0 Å². The molecule has 1 aromatic heterocycles. The fourth-order valence-electron chi connectivity index (χ4n) is 2.66. The summed E-state index contributed by atoms with van der Waals surface area (Å²) in [5, 5.41) is 6.54. The summed E-state index contributed by atoms with van der Waals surface area (Å²) in [7, 11) is 0. The van der Waals surface area contributed by atoms with Crippen LogP contribution in [0.1, 0.15) is 15.9 Å². The standard InChI is InChI=1S/C18H12F3N3O3/c19-18(20,21)12-3-4-14(24-7-1-6-22-24)13(9-12)23-17(25)11-2-5-15-16(8-11)27-10-26-15/h1-9H,10H2,(H,23,25). The van der Waals surface area contributed by atoms with Gasteiger partial charge in [0.2, 0.25) is 6.79 Å². The molecule has 0 saturated heterocycles. The van der Waals surface area contributed by atoms with Crippen LogP contribution in [0.2, 0.25) is 0 Å². The van der Waals surface area contributed by atoms with Crippen LogP contribution in [-0.4, -0.2) is 22.5 Å². The molecule has 27 heavy (non-hydrogen) atoms. The Balaban J connectivity index is 1.70. The van der Waals surface area contributed by atoms with Gasteiger partial charge in [-0.15, -0.1) is 0 Å². The molecule has 0 aliphatic carbocycles. The van der Waals surface area contributed by atoms with Crippen LogP contribution in [0.15, 0.2) is 54.9 Å². The lowest BCUT2D eigenvalue weighted by Crippen LogP contribution is -2.15. The lowest BCUT2D eigenvalue weighted by molar-refractivity contribution is -0.137. The van der Waals surface area contributed by atoms with E-state index in [9.17, 15) is 18.0 Å². The number of carbonyl (C=O) groups excluding carboxylic acids is 1. The van der Waals surface area contributed by atoms with Gasteiger partial charge in [0, 0.05) is 18.0 Å². The number of rotatable bonds is 3. The first-order valence-electron chi connectivity index (χ1n) is 7.84. The average molecular weight is 375 g/mol. The van der Waals surface area contributed by atoms with Gasteiger partial charge in [-0.25, -0.2) is 4.68 Å². The van der Waals surface area contributed by atoms with E-state index in [0.717, 1.165) is 12.1 Å². The number of anilines is 1. The lowest BCUT2D eigenvalue weighted by Gasteiger charge is -2.15. The molecule has 1 aliphatic rings. The molecule has 0 bridgehead atoms. The minimum absolute atomic E-state index is 0.0174. The summed E-state index contributed by atoms with van der Waals surface area (Å²) in [5.41, 5.74) is -0.360. The summed E-state index contributed by atoms with van der Waals surface area (Å²) in [6.45, 7) is 0.0531. The van der Waals surface area contributed by atoms with Gasteiger partial charge in [0.05, 0.1) is 16.9 Å². The number of ether oxygens (including phenoxy) is 2. The van der Waals surface area contributed by atoms with E-state index < -0.39 is 17.6 Å². The number of halogens is 3. The SMILES string of the molecule is O=C(Nc1cc(C(F)(F)F)ccc1-n1cccn1)c1ccc2c(c1)OCO2. The topological polar surface area (TPSA) is 65.4 Å².